The third-order valence-corrected chi connectivity index (χ3v) is 3.27. The van der Waals surface area contributed by atoms with E-state index in [4.69, 9.17) is 17.2 Å². The van der Waals surface area contributed by atoms with Crippen molar-refractivity contribution in [3.63, 3.8) is 0 Å². The van der Waals surface area contributed by atoms with Crippen molar-refractivity contribution in [3.8, 4) is 0 Å². The van der Waals surface area contributed by atoms with Crippen LogP contribution in [-0.4, -0.2) is 32.0 Å². The van der Waals surface area contributed by atoms with Crippen LogP contribution >= 0.6 is 0 Å². The molecule has 0 unspecified atom stereocenters. The Balaban J connectivity index is 2.23. The second-order valence-electron chi connectivity index (χ2n) is 4.68. The molecule has 0 aliphatic heterocycles. The van der Waals surface area contributed by atoms with E-state index in [1.54, 1.807) is 6.20 Å². The normalized spacial score (nSPS) is 11.1. The van der Waals surface area contributed by atoms with Crippen molar-refractivity contribution in [2.75, 3.05) is 12.3 Å². The molecule has 8 nitrogen and oxygen atoms in total. The summed E-state index contributed by atoms with van der Waals surface area (Å²) in [5, 5.41) is 0. The second kappa shape index (κ2) is 4.89. The summed E-state index contributed by atoms with van der Waals surface area (Å²) in [6.07, 6.45) is 1.72. The van der Waals surface area contributed by atoms with Gasteiger partial charge in [-0.2, -0.15) is 0 Å². The Labute approximate surface area is 120 Å². The predicted octanol–water partition coefficient (Wildman–Crippen LogP) is 0.144. The lowest BCUT2D eigenvalue weighted by Crippen LogP contribution is -2.23. The fourth-order valence-electron chi connectivity index (χ4n) is 2.39. The molecular weight excluding hydrogens is 268 g/mol. The highest BCUT2D eigenvalue weighted by molar-refractivity contribution is 6.04. The average molecular weight is 284 g/mol. The van der Waals surface area contributed by atoms with E-state index in [1.165, 1.54) is 0 Å². The molecule has 8 heteroatoms. The van der Waals surface area contributed by atoms with Crippen LogP contribution in [0.15, 0.2) is 23.3 Å². The highest BCUT2D eigenvalue weighted by atomic mass is 15.1. The van der Waals surface area contributed by atoms with E-state index >= 15 is 0 Å². The minimum atomic E-state index is 0.0706. The Bertz CT molecular complexity index is 844. The summed E-state index contributed by atoms with van der Waals surface area (Å²) in [4.78, 5) is 17.2. The highest BCUT2D eigenvalue weighted by Crippen LogP contribution is 2.26. The van der Waals surface area contributed by atoms with Gasteiger partial charge in [-0.25, -0.2) is 9.97 Å². The molecule has 3 aromatic rings. The predicted molar refractivity (Wildman–Crippen MR) is 82.7 cm³/mol. The van der Waals surface area contributed by atoms with Crippen LogP contribution in [0.3, 0.4) is 0 Å². The molecule has 3 rings (SSSR count). The number of hydrogen-bond acceptors (Lipinski definition) is 5. The summed E-state index contributed by atoms with van der Waals surface area (Å²) >= 11 is 0. The molecule has 0 radical (unpaired) electrons. The van der Waals surface area contributed by atoms with Crippen LogP contribution < -0.4 is 17.2 Å². The van der Waals surface area contributed by atoms with Crippen molar-refractivity contribution in [2.45, 2.75) is 13.5 Å². The van der Waals surface area contributed by atoms with E-state index in [9.17, 15) is 0 Å². The number of aromatic nitrogens is 4. The number of imidazole rings is 1. The minimum Gasteiger partial charge on any atom is -0.382 e. The maximum Gasteiger partial charge on any atom is 0.185 e. The van der Waals surface area contributed by atoms with Crippen LogP contribution in [0.1, 0.15) is 5.82 Å². The second-order valence-corrected chi connectivity index (χ2v) is 4.68. The molecule has 21 heavy (non-hydrogen) atoms. The number of hydrogen-bond donors (Lipinski definition) is 3. The van der Waals surface area contributed by atoms with Gasteiger partial charge in [-0.3, -0.25) is 9.98 Å². The van der Waals surface area contributed by atoms with E-state index in [-0.39, 0.29) is 5.96 Å². The molecule has 3 heterocycles. The molecule has 6 N–H and O–H groups in total. The Morgan fingerprint density at radius 3 is 2.86 bits per heavy atom. The van der Waals surface area contributed by atoms with Gasteiger partial charge in [0, 0.05) is 12.7 Å². The lowest BCUT2D eigenvalue weighted by Gasteiger charge is -2.07. The molecule has 0 aliphatic carbocycles. The SMILES string of the molecule is Cc1nc2c(N)nc3cccnc3c2n1CCN=C(N)N. The van der Waals surface area contributed by atoms with Gasteiger partial charge < -0.3 is 21.8 Å². The maximum absolute atomic E-state index is 6.00. The topological polar surface area (TPSA) is 134 Å². The number of fused-ring (bicyclic) bond motifs is 3. The zero-order valence-corrected chi connectivity index (χ0v) is 11.6. The average Bonchev–Trinajstić information content (AvgIpc) is 2.77. The highest BCUT2D eigenvalue weighted by Gasteiger charge is 2.15. The molecule has 0 saturated carbocycles. The Kier molecular flexibility index (Phi) is 3.05. The summed E-state index contributed by atoms with van der Waals surface area (Å²) in [5.74, 6) is 1.29. The molecule has 0 saturated heterocycles. The van der Waals surface area contributed by atoms with E-state index in [1.807, 2.05) is 23.6 Å². The van der Waals surface area contributed by atoms with E-state index in [0.29, 0.717) is 24.4 Å². The molecule has 0 aliphatic rings. The lowest BCUT2D eigenvalue weighted by atomic mass is 10.2. The minimum absolute atomic E-state index is 0.0706. The van der Waals surface area contributed by atoms with Gasteiger partial charge in [0.2, 0.25) is 0 Å². The quantitative estimate of drug-likeness (QED) is 0.462. The van der Waals surface area contributed by atoms with Crippen molar-refractivity contribution in [1.82, 2.24) is 19.5 Å². The van der Waals surface area contributed by atoms with Gasteiger partial charge in [-0.15, -0.1) is 0 Å². The molecule has 0 amide bonds. The van der Waals surface area contributed by atoms with Crippen molar-refractivity contribution in [1.29, 1.82) is 0 Å². The lowest BCUT2D eigenvalue weighted by molar-refractivity contribution is 0.705. The van der Waals surface area contributed by atoms with Crippen molar-refractivity contribution in [2.24, 2.45) is 16.5 Å². The number of rotatable bonds is 3. The van der Waals surface area contributed by atoms with Crippen molar-refractivity contribution in [3.05, 3.63) is 24.2 Å². The van der Waals surface area contributed by atoms with Crippen molar-refractivity contribution < 1.29 is 0 Å². The Morgan fingerprint density at radius 2 is 2.10 bits per heavy atom. The summed E-state index contributed by atoms with van der Waals surface area (Å²) in [6, 6.07) is 3.70. The van der Waals surface area contributed by atoms with Crippen LogP contribution in [0.4, 0.5) is 5.82 Å². The molecule has 0 aromatic carbocycles. The zero-order valence-electron chi connectivity index (χ0n) is 11.6. The first-order chi connectivity index (χ1) is 10.1. The first-order valence-electron chi connectivity index (χ1n) is 6.50. The summed E-state index contributed by atoms with van der Waals surface area (Å²) in [6.45, 7) is 2.96. The van der Waals surface area contributed by atoms with Crippen LogP contribution in [0, 0.1) is 6.92 Å². The smallest absolute Gasteiger partial charge is 0.185 e. The van der Waals surface area contributed by atoms with Crippen LogP contribution in [0.2, 0.25) is 0 Å². The Hall–Kier alpha value is -2.90. The number of anilines is 1. The largest absolute Gasteiger partial charge is 0.382 e. The van der Waals surface area contributed by atoms with Crippen molar-refractivity contribution >= 4 is 33.8 Å². The van der Waals surface area contributed by atoms with Crippen LogP contribution in [-0.2, 0) is 6.54 Å². The van der Waals surface area contributed by atoms with Gasteiger partial charge in [0.15, 0.2) is 11.8 Å². The summed E-state index contributed by atoms with van der Waals surface area (Å²) in [7, 11) is 0. The first kappa shape index (κ1) is 13.1. The third kappa shape index (κ3) is 2.20. The molecule has 108 valence electrons. The number of pyridine rings is 2. The number of aryl methyl sites for hydroxylation is 1. The van der Waals surface area contributed by atoms with Gasteiger partial charge in [0.25, 0.3) is 0 Å². The van der Waals surface area contributed by atoms with Crippen LogP contribution in [0.5, 0.6) is 0 Å². The standard InChI is InChI=1S/C13H16N8/c1-7-19-10-11(21(7)6-5-18-13(15)16)9-8(20-12(10)14)3-2-4-17-9/h2-4H,5-6H2,1H3,(H2,14,20)(H4,15,16,18). The van der Waals surface area contributed by atoms with E-state index in [2.05, 4.69) is 19.9 Å². The molecule has 3 aromatic heterocycles. The van der Waals surface area contributed by atoms with Gasteiger partial charge in [-0.1, -0.05) is 0 Å². The number of guanidine groups is 1. The summed E-state index contributed by atoms with van der Waals surface area (Å²) in [5.41, 5.74) is 19.7. The van der Waals surface area contributed by atoms with Gasteiger partial charge >= 0.3 is 0 Å². The first-order valence-corrected chi connectivity index (χ1v) is 6.50. The summed E-state index contributed by atoms with van der Waals surface area (Å²) < 4.78 is 2.01. The molecular formula is C13H16N8. The van der Waals surface area contributed by atoms with Gasteiger partial charge in [0.1, 0.15) is 22.4 Å². The number of nitrogen functional groups attached to an aromatic ring is 1. The number of nitrogens with two attached hydrogens (primary N) is 3. The van der Waals surface area contributed by atoms with Gasteiger partial charge in [0.05, 0.1) is 12.1 Å². The van der Waals surface area contributed by atoms with E-state index < -0.39 is 0 Å². The Morgan fingerprint density at radius 1 is 1.29 bits per heavy atom. The molecule has 0 spiro atoms. The van der Waals surface area contributed by atoms with E-state index in [0.717, 1.165) is 22.4 Å². The molecule has 0 bridgehead atoms. The number of nitrogens with zero attached hydrogens (tertiary/aromatic N) is 5. The van der Waals surface area contributed by atoms with Gasteiger partial charge in [-0.05, 0) is 19.1 Å². The number of aliphatic imine (C=N–C) groups is 1. The third-order valence-electron chi connectivity index (χ3n) is 3.27. The zero-order chi connectivity index (χ0) is 15.0. The monoisotopic (exact) mass is 284 g/mol. The molecule has 0 atom stereocenters. The maximum atomic E-state index is 6.00. The molecule has 0 fully saturated rings. The fourth-order valence-corrected chi connectivity index (χ4v) is 2.39. The fraction of sp³-hybridized carbons (Fsp3) is 0.231. The van der Waals surface area contributed by atoms with Crippen LogP contribution in [0.25, 0.3) is 22.1 Å².